The molecule has 0 spiro atoms. The van der Waals surface area contributed by atoms with Gasteiger partial charge in [0, 0.05) is 18.3 Å². The number of nitrogens with one attached hydrogen (secondary N) is 2. The van der Waals surface area contributed by atoms with Crippen molar-refractivity contribution in [3.8, 4) is 0 Å². The molecular formula is C31H36F2N4O2. The van der Waals surface area contributed by atoms with Crippen molar-refractivity contribution in [3.05, 3.63) is 95.2 Å². The number of halogens is 2. The number of piperidine rings is 1. The molecule has 3 aromatic rings. The first-order valence-corrected chi connectivity index (χ1v) is 13.6. The van der Waals surface area contributed by atoms with Crippen LogP contribution in [0.5, 0.6) is 0 Å². The molecule has 1 saturated heterocycles. The number of hydrogen-bond acceptors (Lipinski definition) is 4. The van der Waals surface area contributed by atoms with Crippen LogP contribution in [0.1, 0.15) is 68.2 Å². The molecule has 39 heavy (non-hydrogen) atoms. The summed E-state index contributed by atoms with van der Waals surface area (Å²) in [4.78, 5) is 32.3. The van der Waals surface area contributed by atoms with E-state index < -0.39 is 23.6 Å². The molecule has 2 aromatic carbocycles. The number of pyridine rings is 1. The van der Waals surface area contributed by atoms with Crippen LogP contribution in [-0.2, 0) is 16.0 Å². The number of hydrogen-bond donors (Lipinski definition) is 2. The Morgan fingerprint density at radius 3 is 2.33 bits per heavy atom. The summed E-state index contributed by atoms with van der Waals surface area (Å²) < 4.78 is 26.9. The molecule has 1 aliphatic rings. The number of anilines is 1. The monoisotopic (exact) mass is 534 g/mol. The minimum atomic E-state index is -0.785. The molecule has 0 radical (unpaired) electrons. The maximum absolute atomic E-state index is 13.5. The van der Waals surface area contributed by atoms with Gasteiger partial charge in [0.15, 0.2) is 0 Å². The number of carbonyl (C=O) groups excluding carboxylic acids is 2. The highest BCUT2D eigenvalue weighted by Crippen LogP contribution is 2.32. The SMILES string of the molecule is CCCC(NC(=O)Cc1cc(F)cc(F)c1)C(=O)Nc1ccc(C(C)N2CCC(c3ccccc3)CC2)cn1. The van der Waals surface area contributed by atoms with E-state index in [0.29, 0.717) is 24.6 Å². The molecule has 6 nitrogen and oxygen atoms in total. The highest BCUT2D eigenvalue weighted by atomic mass is 19.1. The van der Waals surface area contributed by atoms with Gasteiger partial charge >= 0.3 is 0 Å². The molecule has 1 fully saturated rings. The van der Waals surface area contributed by atoms with E-state index in [9.17, 15) is 18.4 Å². The van der Waals surface area contributed by atoms with Crippen molar-refractivity contribution in [1.82, 2.24) is 15.2 Å². The van der Waals surface area contributed by atoms with Gasteiger partial charge in [-0.1, -0.05) is 49.7 Å². The Kier molecular flexibility index (Phi) is 9.76. The maximum Gasteiger partial charge on any atom is 0.248 e. The molecular weight excluding hydrogens is 498 g/mol. The quantitative estimate of drug-likeness (QED) is 0.347. The Labute approximate surface area is 228 Å². The highest BCUT2D eigenvalue weighted by Gasteiger charge is 2.25. The zero-order valence-corrected chi connectivity index (χ0v) is 22.5. The maximum atomic E-state index is 13.5. The molecule has 2 N–H and O–H groups in total. The summed E-state index contributed by atoms with van der Waals surface area (Å²) >= 11 is 0. The molecule has 0 bridgehead atoms. The molecule has 0 aliphatic carbocycles. The van der Waals surface area contributed by atoms with Crippen molar-refractivity contribution >= 4 is 17.6 Å². The largest absolute Gasteiger partial charge is 0.344 e. The molecule has 2 amide bonds. The van der Waals surface area contributed by atoms with Crippen LogP contribution >= 0.6 is 0 Å². The van der Waals surface area contributed by atoms with Crippen LogP contribution in [0.15, 0.2) is 66.9 Å². The summed E-state index contributed by atoms with van der Waals surface area (Å²) in [7, 11) is 0. The molecule has 2 atom stereocenters. The topological polar surface area (TPSA) is 74.3 Å². The zero-order chi connectivity index (χ0) is 27.8. The number of aromatic nitrogens is 1. The fraction of sp³-hybridized carbons (Fsp3) is 0.387. The molecule has 1 aromatic heterocycles. The molecule has 2 unspecified atom stereocenters. The number of nitrogens with zero attached hydrogens (tertiary/aromatic N) is 2. The number of rotatable bonds is 10. The van der Waals surface area contributed by atoms with Gasteiger partial charge in [-0.3, -0.25) is 14.5 Å². The van der Waals surface area contributed by atoms with Crippen molar-refractivity contribution in [2.75, 3.05) is 18.4 Å². The molecule has 206 valence electrons. The molecule has 1 aliphatic heterocycles. The van der Waals surface area contributed by atoms with Gasteiger partial charge in [0.2, 0.25) is 11.8 Å². The molecule has 2 heterocycles. The van der Waals surface area contributed by atoms with Gasteiger partial charge in [-0.25, -0.2) is 13.8 Å². The smallest absolute Gasteiger partial charge is 0.248 e. The zero-order valence-electron chi connectivity index (χ0n) is 22.5. The van der Waals surface area contributed by atoms with Gasteiger partial charge in [0.1, 0.15) is 23.5 Å². The lowest BCUT2D eigenvalue weighted by Crippen LogP contribution is -2.44. The van der Waals surface area contributed by atoms with Crippen LogP contribution in [0.4, 0.5) is 14.6 Å². The third kappa shape index (κ3) is 7.93. The summed E-state index contributed by atoms with van der Waals surface area (Å²) in [6.07, 6.45) is 4.88. The van der Waals surface area contributed by atoms with Crippen molar-refractivity contribution < 1.29 is 18.4 Å². The van der Waals surface area contributed by atoms with E-state index in [1.165, 1.54) is 5.56 Å². The number of benzene rings is 2. The van der Waals surface area contributed by atoms with E-state index in [0.717, 1.165) is 49.7 Å². The van der Waals surface area contributed by atoms with E-state index in [1.54, 1.807) is 12.3 Å². The number of amides is 2. The first-order valence-electron chi connectivity index (χ1n) is 13.6. The number of likely N-dealkylation sites (tertiary alicyclic amines) is 1. The highest BCUT2D eigenvalue weighted by molar-refractivity contribution is 5.96. The Morgan fingerprint density at radius 2 is 1.72 bits per heavy atom. The second-order valence-electron chi connectivity index (χ2n) is 10.2. The van der Waals surface area contributed by atoms with Crippen molar-refractivity contribution in [2.24, 2.45) is 0 Å². The van der Waals surface area contributed by atoms with Gasteiger partial charge in [-0.15, -0.1) is 0 Å². The van der Waals surface area contributed by atoms with Crippen LogP contribution in [0.25, 0.3) is 0 Å². The summed E-state index contributed by atoms with van der Waals surface area (Å²) in [6, 6.07) is 16.8. The van der Waals surface area contributed by atoms with Crippen LogP contribution < -0.4 is 10.6 Å². The third-order valence-corrected chi connectivity index (χ3v) is 7.38. The van der Waals surface area contributed by atoms with E-state index in [-0.39, 0.29) is 23.9 Å². The molecule has 8 heteroatoms. The first-order chi connectivity index (χ1) is 18.8. The van der Waals surface area contributed by atoms with Gasteiger partial charge in [-0.05, 0) is 80.1 Å². The fourth-order valence-corrected chi connectivity index (χ4v) is 5.20. The van der Waals surface area contributed by atoms with Gasteiger partial charge in [-0.2, -0.15) is 0 Å². The van der Waals surface area contributed by atoms with E-state index >= 15 is 0 Å². The Hall–Kier alpha value is -3.65. The fourth-order valence-electron chi connectivity index (χ4n) is 5.20. The second-order valence-corrected chi connectivity index (χ2v) is 10.2. The molecule has 4 rings (SSSR count). The Morgan fingerprint density at radius 1 is 1.03 bits per heavy atom. The number of carbonyl (C=O) groups is 2. The lowest BCUT2D eigenvalue weighted by Gasteiger charge is -2.36. The summed E-state index contributed by atoms with van der Waals surface area (Å²) in [6.45, 7) is 6.11. The van der Waals surface area contributed by atoms with Crippen molar-refractivity contribution in [3.63, 3.8) is 0 Å². The average molecular weight is 535 g/mol. The van der Waals surface area contributed by atoms with Crippen molar-refractivity contribution in [1.29, 1.82) is 0 Å². The molecule has 0 saturated carbocycles. The summed E-state index contributed by atoms with van der Waals surface area (Å²) in [5.41, 5.74) is 2.69. The van der Waals surface area contributed by atoms with Crippen molar-refractivity contribution in [2.45, 2.75) is 64.0 Å². The Balaban J connectivity index is 1.30. The van der Waals surface area contributed by atoms with Crippen LogP contribution in [-0.4, -0.2) is 40.8 Å². The summed E-state index contributed by atoms with van der Waals surface area (Å²) in [5, 5.41) is 5.47. The first kappa shape index (κ1) is 28.4. The van der Waals surface area contributed by atoms with E-state index in [1.807, 2.05) is 13.0 Å². The Bertz CT molecular complexity index is 1220. The van der Waals surface area contributed by atoms with Crippen LogP contribution in [0.2, 0.25) is 0 Å². The van der Waals surface area contributed by atoms with E-state index in [2.05, 4.69) is 57.8 Å². The van der Waals surface area contributed by atoms with E-state index in [4.69, 9.17) is 0 Å². The van der Waals surface area contributed by atoms with Crippen LogP contribution in [0, 0.1) is 11.6 Å². The summed E-state index contributed by atoms with van der Waals surface area (Å²) in [5.74, 6) is -1.37. The third-order valence-electron chi connectivity index (χ3n) is 7.38. The lowest BCUT2D eigenvalue weighted by atomic mass is 9.88. The average Bonchev–Trinajstić information content (AvgIpc) is 2.93. The minimum absolute atomic E-state index is 0.205. The lowest BCUT2D eigenvalue weighted by molar-refractivity contribution is -0.126. The predicted octanol–water partition coefficient (Wildman–Crippen LogP) is 5.77. The van der Waals surface area contributed by atoms with Gasteiger partial charge in [0.25, 0.3) is 0 Å². The normalized spacial score (nSPS) is 15.9. The second kappa shape index (κ2) is 13.4. The standard InChI is InChI=1S/C31H36F2N4O2/c1-3-7-28(35-30(38)18-22-16-26(32)19-27(33)17-22)31(39)36-29-11-10-25(20-34-29)21(2)37-14-12-24(13-15-37)23-8-5-4-6-9-23/h4-6,8-11,16-17,19-21,24,28H,3,7,12-15,18H2,1-2H3,(H,35,38)(H,34,36,39). The van der Waals surface area contributed by atoms with Gasteiger partial charge in [0.05, 0.1) is 6.42 Å². The van der Waals surface area contributed by atoms with Gasteiger partial charge < -0.3 is 10.6 Å². The minimum Gasteiger partial charge on any atom is -0.344 e. The predicted molar refractivity (Wildman–Crippen MR) is 148 cm³/mol. The van der Waals surface area contributed by atoms with Crippen LogP contribution in [0.3, 0.4) is 0 Å².